The van der Waals surface area contributed by atoms with Crippen LogP contribution in [0, 0.1) is 6.92 Å². The minimum atomic E-state index is 0.509. The lowest BCUT2D eigenvalue weighted by Gasteiger charge is -2.09. The number of aromatic nitrogens is 4. The van der Waals surface area contributed by atoms with E-state index < -0.39 is 0 Å². The molecule has 1 aromatic carbocycles. The van der Waals surface area contributed by atoms with E-state index >= 15 is 0 Å². The number of aryl methyl sites for hydroxylation is 1. The zero-order valence-corrected chi connectivity index (χ0v) is 12.2. The van der Waals surface area contributed by atoms with Gasteiger partial charge in [-0.2, -0.15) is 4.98 Å². The molecule has 0 amide bonds. The summed E-state index contributed by atoms with van der Waals surface area (Å²) in [5.41, 5.74) is 2.08. The fourth-order valence-electron chi connectivity index (χ4n) is 1.98. The van der Waals surface area contributed by atoms with Gasteiger partial charge in [0.05, 0.1) is 0 Å². The fraction of sp³-hybridized carbons (Fsp3) is 0.125. The molecule has 0 bridgehead atoms. The largest absolute Gasteiger partial charge is 0.366 e. The van der Waals surface area contributed by atoms with Crippen LogP contribution in [0.15, 0.2) is 55.0 Å². The highest BCUT2D eigenvalue weighted by Gasteiger charge is 2.03. The van der Waals surface area contributed by atoms with Gasteiger partial charge in [-0.25, -0.2) is 15.0 Å². The van der Waals surface area contributed by atoms with E-state index in [1.165, 1.54) is 11.9 Å². The van der Waals surface area contributed by atoms with Gasteiger partial charge in [-0.3, -0.25) is 0 Å². The van der Waals surface area contributed by atoms with E-state index in [9.17, 15) is 0 Å². The van der Waals surface area contributed by atoms with Crippen LogP contribution in [0.1, 0.15) is 11.3 Å². The summed E-state index contributed by atoms with van der Waals surface area (Å²) in [6.45, 7) is 2.64. The topological polar surface area (TPSA) is 75.6 Å². The first-order valence-corrected chi connectivity index (χ1v) is 6.96. The molecular weight excluding hydrogens is 276 g/mol. The quantitative estimate of drug-likeness (QED) is 0.753. The first-order chi connectivity index (χ1) is 10.8. The molecule has 0 aliphatic heterocycles. The molecule has 6 heteroatoms. The molecule has 22 heavy (non-hydrogen) atoms. The van der Waals surface area contributed by atoms with Crippen LogP contribution in [0.4, 0.5) is 17.6 Å². The fourth-order valence-corrected chi connectivity index (χ4v) is 1.98. The maximum atomic E-state index is 4.45. The predicted octanol–water partition coefficient (Wildman–Crippen LogP) is 2.93. The smallest absolute Gasteiger partial charge is 0.230 e. The van der Waals surface area contributed by atoms with Crippen LogP contribution >= 0.6 is 0 Å². The van der Waals surface area contributed by atoms with Crippen LogP contribution in [0.3, 0.4) is 0 Å². The molecule has 3 aromatic rings. The lowest BCUT2D eigenvalue weighted by Crippen LogP contribution is -2.06. The Morgan fingerprint density at radius 1 is 1.00 bits per heavy atom. The summed E-state index contributed by atoms with van der Waals surface area (Å²) in [5, 5.41) is 6.37. The summed E-state index contributed by atoms with van der Waals surface area (Å²) in [5.74, 6) is 1.94. The van der Waals surface area contributed by atoms with Crippen molar-refractivity contribution in [3.8, 4) is 0 Å². The minimum Gasteiger partial charge on any atom is -0.366 e. The third kappa shape index (κ3) is 3.76. The van der Waals surface area contributed by atoms with Gasteiger partial charge in [0.2, 0.25) is 5.95 Å². The second-order valence-electron chi connectivity index (χ2n) is 4.78. The number of nitrogens with zero attached hydrogens (tertiary/aromatic N) is 4. The summed E-state index contributed by atoms with van der Waals surface area (Å²) >= 11 is 0. The zero-order chi connectivity index (χ0) is 15.2. The molecule has 0 spiro atoms. The molecule has 0 aliphatic rings. The Morgan fingerprint density at radius 2 is 1.86 bits per heavy atom. The second kappa shape index (κ2) is 6.62. The van der Waals surface area contributed by atoms with Crippen molar-refractivity contribution in [2.24, 2.45) is 0 Å². The van der Waals surface area contributed by atoms with Gasteiger partial charge in [0.15, 0.2) is 0 Å². The van der Waals surface area contributed by atoms with Gasteiger partial charge in [-0.15, -0.1) is 0 Å². The van der Waals surface area contributed by atoms with Gasteiger partial charge in [0.1, 0.15) is 18.0 Å². The molecule has 0 unspecified atom stereocenters. The number of hydrogen-bond donors (Lipinski definition) is 2. The average Bonchev–Trinajstić information content (AvgIpc) is 2.54. The number of benzene rings is 1. The number of rotatable bonds is 5. The predicted molar refractivity (Wildman–Crippen MR) is 85.9 cm³/mol. The van der Waals surface area contributed by atoms with Crippen LogP contribution in [-0.2, 0) is 6.54 Å². The summed E-state index contributed by atoms with van der Waals surface area (Å²) in [6, 6.07) is 13.9. The normalized spacial score (nSPS) is 10.2. The maximum Gasteiger partial charge on any atom is 0.230 e. The molecular formula is C16H16N6. The third-order valence-corrected chi connectivity index (χ3v) is 2.99. The monoisotopic (exact) mass is 292 g/mol. The number of anilines is 3. The molecule has 0 aliphatic carbocycles. The van der Waals surface area contributed by atoms with Crippen molar-refractivity contribution in [2.75, 3.05) is 10.6 Å². The lowest BCUT2D eigenvalue weighted by molar-refractivity contribution is 1.05. The molecule has 0 radical (unpaired) electrons. The zero-order valence-electron chi connectivity index (χ0n) is 12.2. The van der Waals surface area contributed by atoms with E-state index in [0.717, 1.165) is 11.5 Å². The van der Waals surface area contributed by atoms with E-state index in [1.807, 2.05) is 31.2 Å². The van der Waals surface area contributed by atoms with E-state index in [1.54, 1.807) is 12.3 Å². The highest BCUT2D eigenvalue weighted by atomic mass is 15.2. The van der Waals surface area contributed by atoms with Crippen molar-refractivity contribution >= 4 is 17.6 Å². The molecule has 6 nitrogen and oxygen atoms in total. The molecule has 110 valence electrons. The van der Waals surface area contributed by atoms with Crippen LogP contribution in [0.2, 0.25) is 0 Å². The van der Waals surface area contributed by atoms with Crippen molar-refractivity contribution in [2.45, 2.75) is 13.5 Å². The molecule has 0 fully saturated rings. The molecule has 0 saturated carbocycles. The van der Waals surface area contributed by atoms with E-state index in [4.69, 9.17) is 0 Å². The highest BCUT2D eigenvalue weighted by Crippen LogP contribution is 2.14. The van der Waals surface area contributed by atoms with Crippen LogP contribution in [-0.4, -0.2) is 19.9 Å². The first kappa shape index (κ1) is 13.9. The third-order valence-electron chi connectivity index (χ3n) is 2.99. The minimum absolute atomic E-state index is 0.509. The number of hydrogen-bond acceptors (Lipinski definition) is 6. The summed E-state index contributed by atoms with van der Waals surface area (Å²) in [4.78, 5) is 16.8. The van der Waals surface area contributed by atoms with Crippen molar-refractivity contribution in [1.29, 1.82) is 0 Å². The maximum absolute atomic E-state index is 4.45. The lowest BCUT2D eigenvalue weighted by atomic mass is 10.2. The van der Waals surface area contributed by atoms with Gasteiger partial charge in [-0.1, -0.05) is 30.3 Å². The molecule has 2 N–H and O–H groups in total. The van der Waals surface area contributed by atoms with Crippen LogP contribution < -0.4 is 10.6 Å². The Hall–Kier alpha value is -3.02. The van der Waals surface area contributed by atoms with E-state index in [0.29, 0.717) is 18.3 Å². The van der Waals surface area contributed by atoms with E-state index in [-0.39, 0.29) is 0 Å². The first-order valence-electron chi connectivity index (χ1n) is 6.96. The molecule has 2 aromatic heterocycles. The van der Waals surface area contributed by atoms with E-state index in [2.05, 4.69) is 42.7 Å². The summed E-state index contributed by atoms with van der Waals surface area (Å²) in [6.07, 6.45) is 3.15. The Balaban J connectivity index is 1.72. The van der Waals surface area contributed by atoms with Crippen molar-refractivity contribution in [1.82, 2.24) is 19.9 Å². The van der Waals surface area contributed by atoms with Crippen LogP contribution in [0.25, 0.3) is 0 Å². The van der Waals surface area contributed by atoms with Crippen molar-refractivity contribution < 1.29 is 0 Å². The molecule has 3 rings (SSSR count). The SMILES string of the molecule is Cc1cc(NCc2ccccc2)nc(Nc2ccncn2)n1. The molecule has 0 atom stereocenters. The standard InChI is InChI=1S/C16H16N6/c1-12-9-15(18-10-13-5-3-2-4-6-13)22-16(20-12)21-14-7-8-17-11-19-14/h2-9,11H,10H2,1H3,(H2,17,18,19,20,21,22). The highest BCUT2D eigenvalue weighted by molar-refractivity contribution is 5.50. The van der Waals surface area contributed by atoms with Gasteiger partial charge in [0, 0.05) is 24.5 Å². The van der Waals surface area contributed by atoms with Crippen LogP contribution in [0.5, 0.6) is 0 Å². The van der Waals surface area contributed by atoms with Gasteiger partial charge < -0.3 is 10.6 Å². The second-order valence-corrected chi connectivity index (χ2v) is 4.78. The van der Waals surface area contributed by atoms with Gasteiger partial charge in [-0.05, 0) is 18.6 Å². The molecule has 2 heterocycles. The Bertz CT molecular complexity index is 730. The Labute approximate surface area is 128 Å². The average molecular weight is 292 g/mol. The molecule has 0 saturated heterocycles. The van der Waals surface area contributed by atoms with Crippen molar-refractivity contribution in [3.05, 3.63) is 66.2 Å². The van der Waals surface area contributed by atoms with Gasteiger partial charge in [0.25, 0.3) is 0 Å². The van der Waals surface area contributed by atoms with Gasteiger partial charge >= 0.3 is 0 Å². The summed E-state index contributed by atoms with van der Waals surface area (Å²) in [7, 11) is 0. The summed E-state index contributed by atoms with van der Waals surface area (Å²) < 4.78 is 0. The Morgan fingerprint density at radius 3 is 2.64 bits per heavy atom. The number of nitrogens with one attached hydrogen (secondary N) is 2. The van der Waals surface area contributed by atoms with Crippen molar-refractivity contribution in [3.63, 3.8) is 0 Å². The Kier molecular flexibility index (Phi) is 4.20.